The number of nitrogens with two attached hydrogens (primary N) is 1. The first-order valence-electron chi connectivity index (χ1n) is 8.46. The number of hydrogen-bond donors (Lipinski definition) is 3. The number of benzene rings is 2. The van der Waals surface area contributed by atoms with Gasteiger partial charge in [-0.1, -0.05) is 60.7 Å². The lowest BCUT2D eigenvalue weighted by Gasteiger charge is -2.27. The van der Waals surface area contributed by atoms with E-state index in [4.69, 9.17) is 15.6 Å². The topological polar surface area (TPSA) is 119 Å². The van der Waals surface area contributed by atoms with E-state index < -0.39 is 23.5 Å². The molecule has 0 spiro atoms. The lowest BCUT2D eigenvalue weighted by molar-refractivity contribution is -0.137. The van der Waals surface area contributed by atoms with Crippen LogP contribution >= 0.6 is 0 Å². The van der Waals surface area contributed by atoms with E-state index in [1.807, 2.05) is 12.1 Å². The summed E-state index contributed by atoms with van der Waals surface area (Å²) in [5.74, 6) is -1.84. The summed E-state index contributed by atoms with van der Waals surface area (Å²) in [5.41, 5.74) is 6.18. The quantitative estimate of drug-likeness (QED) is 0.656. The molecule has 2 aromatic rings. The average Bonchev–Trinajstić information content (AvgIpc) is 2.66. The summed E-state index contributed by atoms with van der Waals surface area (Å²) in [6.07, 6.45) is -1.24. The van der Waals surface area contributed by atoms with Crippen molar-refractivity contribution < 1.29 is 24.2 Å². The van der Waals surface area contributed by atoms with Crippen LogP contribution in [-0.2, 0) is 27.4 Å². The Hall–Kier alpha value is -3.19. The van der Waals surface area contributed by atoms with Gasteiger partial charge in [0.2, 0.25) is 5.91 Å². The average molecular weight is 370 g/mol. The number of carbonyl (C=O) groups excluding carboxylic acids is 2. The third-order valence-corrected chi connectivity index (χ3v) is 4.03. The van der Waals surface area contributed by atoms with Crippen LogP contribution in [0, 0.1) is 0 Å². The number of carboxylic acids is 1. The minimum absolute atomic E-state index is 0.00529. The Bertz CT molecular complexity index is 779. The molecule has 0 saturated carbocycles. The minimum atomic E-state index is -1.55. The van der Waals surface area contributed by atoms with Crippen LogP contribution < -0.4 is 11.1 Å². The fraction of sp³-hybridized carbons (Fsp3) is 0.250. The van der Waals surface area contributed by atoms with Gasteiger partial charge in [0.05, 0.1) is 0 Å². The predicted octanol–water partition coefficient (Wildman–Crippen LogP) is 2.24. The molecule has 0 unspecified atom stereocenters. The summed E-state index contributed by atoms with van der Waals surface area (Å²) < 4.78 is 5.03. The molecule has 142 valence electrons. The first-order chi connectivity index (χ1) is 12.9. The lowest BCUT2D eigenvalue weighted by atomic mass is 9.86. The van der Waals surface area contributed by atoms with Crippen molar-refractivity contribution in [2.75, 3.05) is 0 Å². The molecular formula is C20H22N2O5. The molecule has 0 aliphatic carbocycles. The van der Waals surface area contributed by atoms with Crippen LogP contribution in [0.2, 0.25) is 0 Å². The Labute approximate surface area is 157 Å². The Kier molecular flexibility index (Phi) is 7.08. The molecule has 0 aliphatic rings. The van der Waals surface area contributed by atoms with E-state index in [-0.39, 0.29) is 25.9 Å². The molecule has 7 nitrogen and oxygen atoms in total. The number of amides is 2. The molecule has 0 aliphatic heterocycles. The monoisotopic (exact) mass is 370 g/mol. The van der Waals surface area contributed by atoms with Gasteiger partial charge in [0.1, 0.15) is 12.1 Å². The van der Waals surface area contributed by atoms with Crippen LogP contribution in [0.4, 0.5) is 4.79 Å². The number of carboxylic acid groups (broad SMARTS) is 1. The van der Waals surface area contributed by atoms with Crippen molar-refractivity contribution in [3.05, 3.63) is 71.8 Å². The van der Waals surface area contributed by atoms with Crippen LogP contribution in [0.25, 0.3) is 0 Å². The Morgan fingerprint density at radius 2 is 1.52 bits per heavy atom. The molecule has 2 amide bonds. The normalized spacial score (nSPS) is 12.6. The highest BCUT2D eigenvalue weighted by Gasteiger charge is 2.36. The first kappa shape index (κ1) is 20.1. The van der Waals surface area contributed by atoms with Crippen molar-refractivity contribution in [2.24, 2.45) is 5.73 Å². The van der Waals surface area contributed by atoms with Crippen molar-refractivity contribution in [1.29, 1.82) is 0 Å². The van der Waals surface area contributed by atoms with E-state index in [0.29, 0.717) is 0 Å². The minimum Gasteiger partial charge on any atom is -0.481 e. The van der Waals surface area contributed by atoms with Crippen LogP contribution in [0.15, 0.2) is 60.7 Å². The fourth-order valence-corrected chi connectivity index (χ4v) is 2.55. The highest BCUT2D eigenvalue weighted by Crippen LogP contribution is 2.18. The van der Waals surface area contributed by atoms with E-state index in [1.165, 1.54) is 0 Å². The molecule has 2 rings (SSSR count). The van der Waals surface area contributed by atoms with Gasteiger partial charge in [0.15, 0.2) is 0 Å². The Morgan fingerprint density at radius 3 is 2.07 bits per heavy atom. The second-order valence-electron chi connectivity index (χ2n) is 6.23. The van der Waals surface area contributed by atoms with Gasteiger partial charge in [0.25, 0.3) is 0 Å². The van der Waals surface area contributed by atoms with Gasteiger partial charge in [0, 0.05) is 6.42 Å². The molecule has 0 heterocycles. The summed E-state index contributed by atoms with van der Waals surface area (Å²) in [5, 5.41) is 11.1. The Balaban J connectivity index is 2.01. The van der Waals surface area contributed by atoms with Crippen LogP contribution in [0.5, 0.6) is 0 Å². The SMILES string of the molecule is N[C@](CCC(=O)O)(Cc1ccccc1)C(=O)NC(=O)OCc1ccccc1. The maximum Gasteiger partial charge on any atom is 0.414 e. The maximum absolute atomic E-state index is 12.6. The van der Waals surface area contributed by atoms with Gasteiger partial charge in [-0.2, -0.15) is 0 Å². The standard InChI is InChI=1S/C20H22N2O5/c21-20(12-11-17(23)24,13-15-7-3-1-4-8-15)18(25)22-19(26)27-14-16-9-5-2-6-10-16/h1-10H,11-14,21H2,(H,23,24)(H,22,25,26)/t20-/m1/s1. The van der Waals surface area contributed by atoms with Crippen LogP contribution in [0.1, 0.15) is 24.0 Å². The van der Waals surface area contributed by atoms with Crippen LogP contribution in [0.3, 0.4) is 0 Å². The first-order valence-corrected chi connectivity index (χ1v) is 8.46. The molecule has 1 atom stereocenters. The molecule has 2 aromatic carbocycles. The van der Waals surface area contributed by atoms with Crippen molar-refractivity contribution >= 4 is 18.0 Å². The summed E-state index contributed by atoms with van der Waals surface area (Å²) in [6, 6.07) is 18.0. The van der Waals surface area contributed by atoms with Crippen molar-refractivity contribution in [3.8, 4) is 0 Å². The number of imide groups is 1. The number of aliphatic carboxylic acids is 1. The molecule has 0 saturated heterocycles. The van der Waals surface area contributed by atoms with E-state index in [0.717, 1.165) is 11.1 Å². The largest absolute Gasteiger partial charge is 0.481 e. The highest BCUT2D eigenvalue weighted by molar-refractivity contribution is 5.97. The van der Waals surface area contributed by atoms with Crippen LogP contribution in [-0.4, -0.2) is 28.6 Å². The molecule has 27 heavy (non-hydrogen) atoms. The zero-order valence-electron chi connectivity index (χ0n) is 14.8. The second-order valence-corrected chi connectivity index (χ2v) is 6.23. The van der Waals surface area contributed by atoms with Crippen molar-refractivity contribution in [3.63, 3.8) is 0 Å². The zero-order chi connectivity index (χ0) is 19.7. The summed E-state index contributed by atoms with van der Waals surface area (Å²) in [6.45, 7) is 0.00529. The number of rotatable bonds is 8. The third-order valence-electron chi connectivity index (χ3n) is 4.03. The zero-order valence-corrected chi connectivity index (χ0v) is 14.8. The van der Waals surface area contributed by atoms with Crippen molar-refractivity contribution in [1.82, 2.24) is 5.32 Å². The summed E-state index contributed by atoms with van der Waals surface area (Å²) >= 11 is 0. The van der Waals surface area contributed by atoms with Gasteiger partial charge in [-0.15, -0.1) is 0 Å². The number of ether oxygens (including phenoxy) is 1. The Morgan fingerprint density at radius 1 is 0.963 bits per heavy atom. The van der Waals surface area contributed by atoms with Gasteiger partial charge in [-0.25, -0.2) is 4.79 Å². The molecule has 0 bridgehead atoms. The maximum atomic E-state index is 12.6. The van der Waals surface area contributed by atoms with Gasteiger partial charge in [-0.05, 0) is 24.0 Å². The molecule has 0 radical (unpaired) electrons. The highest BCUT2D eigenvalue weighted by atomic mass is 16.5. The van der Waals surface area contributed by atoms with E-state index >= 15 is 0 Å². The smallest absolute Gasteiger partial charge is 0.414 e. The predicted molar refractivity (Wildman–Crippen MR) is 98.7 cm³/mol. The lowest BCUT2D eigenvalue weighted by Crippen LogP contribution is -2.57. The number of nitrogens with one attached hydrogen (secondary N) is 1. The number of carbonyl (C=O) groups is 3. The van der Waals surface area contributed by atoms with Gasteiger partial charge < -0.3 is 15.6 Å². The second kappa shape index (κ2) is 9.49. The van der Waals surface area contributed by atoms with Gasteiger partial charge in [-0.3, -0.25) is 14.9 Å². The van der Waals surface area contributed by atoms with E-state index in [9.17, 15) is 14.4 Å². The number of alkyl carbamates (subject to hydrolysis) is 1. The summed E-state index contributed by atoms with van der Waals surface area (Å²) in [4.78, 5) is 35.4. The fourth-order valence-electron chi connectivity index (χ4n) is 2.55. The molecule has 0 fully saturated rings. The van der Waals surface area contributed by atoms with Crippen molar-refractivity contribution in [2.45, 2.75) is 31.4 Å². The molecular weight excluding hydrogens is 348 g/mol. The summed E-state index contributed by atoms with van der Waals surface area (Å²) in [7, 11) is 0. The van der Waals surface area contributed by atoms with E-state index in [2.05, 4.69) is 5.32 Å². The van der Waals surface area contributed by atoms with Gasteiger partial charge >= 0.3 is 12.1 Å². The molecule has 4 N–H and O–H groups in total. The molecule has 7 heteroatoms. The van der Waals surface area contributed by atoms with E-state index in [1.54, 1.807) is 48.5 Å². The third kappa shape index (κ3) is 6.56. The number of hydrogen-bond acceptors (Lipinski definition) is 5. The molecule has 0 aromatic heterocycles.